The number of carboxylic acids is 1. The lowest BCUT2D eigenvalue weighted by molar-refractivity contribution is -0.137. The third kappa shape index (κ3) is 4.18. The first-order valence-electron chi connectivity index (χ1n) is 13.5. The number of rotatable bonds is 6. The van der Waals surface area contributed by atoms with E-state index >= 15 is 0 Å². The van der Waals surface area contributed by atoms with Gasteiger partial charge in [-0.15, -0.1) is 5.10 Å². The van der Waals surface area contributed by atoms with Gasteiger partial charge in [-0.25, -0.2) is 9.07 Å². The summed E-state index contributed by atoms with van der Waals surface area (Å²) in [4.78, 5) is 27.5. The van der Waals surface area contributed by atoms with E-state index in [0.29, 0.717) is 13.0 Å². The summed E-state index contributed by atoms with van der Waals surface area (Å²) < 4.78 is 16.5. The zero-order valence-electron chi connectivity index (χ0n) is 22.3. The average molecular weight is 527 g/mol. The number of halogens is 1. The molecule has 3 heterocycles. The van der Waals surface area contributed by atoms with E-state index in [1.165, 1.54) is 11.6 Å². The lowest BCUT2D eigenvalue weighted by Gasteiger charge is -2.37. The van der Waals surface area contributed by atoms with Gasteiger partial charge in [-0.05, 0) is 86.1 Å². The van der Waals surface area contributed by atoms with Crippen LogP contribution < -0.4 is 0 Å². The van der Waals surface area contributed by atoms with Crippen LogP contribution in [0.3, 0.4) is 0 Å². The van der Waals surface area contributed by atoms with Gasteiger partial charge in [0, 0.05) is 18.5 Å². The maximum absolute atomic E-state index is 14.7. The Balaban J connectivity index is 1.41. The van der Waals surface area contributed by atoms with E-state index < -0.39 is 11.8 Å². The van der Waals surface area contributed by atoms with E-state index in [4.69, 9.17) is 0 Å². The maximum atomic E-state index is 14.7. The second-order valence-corrected chi connectivity index (χ2v) is 10.8. The van der Waals surface area contributed by atoms with E-state index in [2.05, 4.69) is 22.4 Å². The number of fused-ring (bicyclic) bond motifs is 5. The van der Waals surface area contributed by atoms with Crippen LogP contribution in [0.4, 0.5) is 4.39 Å². The highest BCUT2D eigenvalue weighted by atomic mass is 19.1. The molecule has 39 heavy (non-hydrogen) atoms. The van der Waals surface area contributed by atoms with Crippen LogP contribution in [0.15, 0.2) is 48.5 Å². The number of carbonyl (C=O) groups excluding carboxylic acids is 1. The molecule has 6 rings (SSSR count). The minimum absolute atomic E-state index is 0.0291. The van der Waals surface area contributed by atoms with Crippen molar-refractivity contribution in [1.82, 2.24) is 19.9 Å². The summed E-state index contributed by atoms with van der Waals surface area (Å²) in [6.45, 7) is 6.53. The first-order valence-corrected chi connectivity index (χ1v) is 13.5. The molecule has 7 nitrogen and oxygen atoms in total. The molecule has 8 heteroatoms. The third-order valence-corrected chi connectivity index (χ3v) is 8.51. The van der Waals surface area contributed by atoms with Gasteiger partial charge in [0.1, 0.15) is 11.3 Å². The number of aryl methyl sites for hydroxylation is 3. The highest BCUT2D eigenvalue weighted by molar-refractivity contribution is 5.95. The number of carbonyl (C=O) groups is 2. The summed E-state index contributed by atoms with van der Waals surface area (Å²) in [7, 11) is 0. The monoisotopic (exact) mass is 526 g/mol. The molecule has 1 amide bonds. The first kappa shape index (κ1) is 25.2. The lowest BCUT2D eigenvalue weighted by atomic mass is 9.82. The first-order chi connectivity index (χ1) is 18.8. The largest absolute Gasteiger partial charge is 0.481 e. The second-order valence-electron chi connectivity index (χ2n) is 10.8. The predicted octanol–water partition coefficient (Wildman–Crippen LogP) is 5.72. The van der Waals surface area contributed by atoms with Crippen LogP contribution in [-0.2, 0) is 17.8 Å². The molecule has 2 aliphatic heterocycles. The lowest BCUT2D eigenvalue weighted by Crippen LogP contribution is -2.42. The van der Waals surface area contributed by atoms with Gasteiger partial charge in [-0.3, -0.25) is 9.59 Å². The molecule has 0 unspecified atom stereocenters. The van der Waals surface area contributed by atoms with Gasteiger partial charge in [0.05, 0.1) is 23.5 Å². The van der Waals surface area contributed by atoms with Crippen molar-refractivity contribution in [1.29, 1.82) is 0 Å². The molecule has 4 aromatic rings. The Morgan fingerprint density at radius 2 is 1.92 bits per heavy atom. The normalized spacial score (nSPS) is 18.8. The fourth-order valence-electron chi connectivity index (χ4n) is 6.59. The van der Waals surface area contributed by atoms with Crippen molar-refractivity contribution in [2.75, 3.05) is 0 Å². The number of aromatic nitrogens is 3. The minimum atomic E-state index is -0.887. The summed E-state index contributed by atoms with van der Waals surface area (Å²) in [5.41, 5.74) is 7.58. The molecular formula is C31H31FN4O3. The highest BCUT2D eigenvalue weighted by Crippen LogP contribution is 2.46. The van der Waals surface area contributed by atoms with Crippen molar-refractivity contribution in [2.45, 2.75) is 71.0 Å². The molecule has 0 saturated carbocycles. The molecule has 2 aliphatic rings. The Hall–Kier alpha value is -4.07. The summed E-state index contributed by atoms with van der Waals surface area (Å²) in [6, 6.07) is 14.7. The second kappa shape index (κ2) is 9.59. The predicted molar refractivity (Wildman–Crippen MR) is 145 cm³/mol. The summed E-state index contributed by atoms with van der Waals surface area (Å²) in [5.74, 6) is -2.05. The van der Waals surface area contributed by atoms with Gasteiger partial charge in [0.2, 0.25) is 0 Å². The smallest absolute Gasteiger partial charge is 0.304 e. The summed E-state index contributed by atoms with van der Waals surface area (Å²) >= 11 is 0. The van der Waals surface area contributed by atoms with Crippen molar-refractivity contribution in [2.24, 2.45) is 0 Å². The van der Waals surface area contributed by atoms with E-state index in [0.717, 1.165) is 51.7 Å². The molecular weight excluding hydrogens is 495 g/mol. The Morgan fingerprint density at radius 3 is 2.69 bits per heavy atom. The van der Waals surface area contributed by atoms with E-state index in [1.807, 2.05) is 48.6 Å². The zero-order chi connectivity index (χ0) is 27.4. The Bertz CT molecular complexity index is 1630. The summed E-state index contributed by atoms with van der Waals surface area (Å²) in [5, 5.41) is 18.5. The number of hydrogen-bond donors (Lipinski definition) is 1. The van der Waals surface area contributed by atoms with Crippen LogP contribution in [0.1, 0.15) is 81.9 Å². The number of aliphatic carboxylic acids is 1. The minimum Gasteiger partial charge on any atom is -0.481 e. The van der Waals surface area contributed by atoms with Gasteiger partial charge in [-0.2, -0.15) is 0 Å². The number of amides is 1. The van der Waals surface area contributed by atoms with Gasteiger partial charge in [0.25, 0.3) is 5.91 Å². The van der Waals surface area contributed by atoms with Crippen LogP contribution in [0.2, 0.25) is 0 Å². The Labute approximate surface area is 226 Å². The molecule has 0 aliphatic carbocycles. The van der Waals surface area contributed by atoms with Crippen molar-refractivity contribution >= 4 is 22.9 Å². The molecule has 1 fully saturated rings. The fourth-order valence-corrected chi connectivity index (χ4v) is 6.59. The molecule has 1 N–H and O–H groups in total. The Morgan fingerprint density at radius 1 is 1.10 bits per heavy atom. The highest BCUT2D eigenvalue weighted by Gasteiger charge is 2.43. The van der Waals surface area contributed by atoms with Gasteiger partial charge in [0.15, 0.2) is 0 Å². The van der Waals surface area contributed by atoms with Crippen LogP contribution >= 0.6 is 0 Å². The van der Waals surface area contributed by atoms with Crippen molar-refractivity contribution in [3.8, 4) is 0 Å². The van der Waals surface area contributed by atoms with Crippen molar-refractivity contribution in [3.63, 3.8) is 0 Å². The molecule has 3 atom stereocenters. The molecule has 2 bridgehead atoms. The zero-order valence-corrected chi connectivity index (χ0v) is 22.3. The van der Waals surface area contributed by atoms with Gasteiger partial charge in [-0.1, -0.05) is 41.1 Å². The quantitative estimate of drug-likeness (QED) is 0.347. The molecule has 1 aromatic heterocycles. The number of benzene rings is 3. The van der Waals surface area contributed by atoms with Crippen LogP contribution in [0.25, 0.3) is 11.0 Å². The van der Waals surface area contributed by atoms with Crippen molar-refractivity contribution < 1.29 is 19.1 Å². The van der Waals surface area contributed by atoms with Crippen LogP contribution in [-0.4, -0.2) is 42.9 Å². The number of nitrogens with zero attached hydrogens (tertiary/aromatic N) is 4. The maximum Gasteiger partial charge on any atom is 0.304 e. The number of hydrogen-bond acceptors (Lipinski definition) is 4. The van der Waals surface area contributed by atoms with Crippen molar-refractivity contribution in [3.05, 3.63) is 93.3 Å². The summed E-state index contributed by atoms with van der Waals surface area (Å²) in [6.07, 6.45) is 2.29. The van der Waals surface area contributed by atoms with Crippen LogP contribution in [0, 0.1) is 19.7 Å². The van der Waals surface area contributed by atoms with Crippen LogP contribution in [0.5, 0.6) is 0 Å². The SMILES string of the molecule is CCn1nnc2c(C)c([C@H](CC(=O)O)c3ccc4c(c3)[C@@H]3CC[C@H](C4)N3C(=O)c3cc(C)ccc3F)ccc21. The standard InChI is InChI=1S/C31H31FN4O3/c1-4-35-28-12-9-22(18(3)30(28)33-34-35)23(16-29(37)38)20-7-6-19-14-21-8-11-27(24(19)15-20)36(21)31(39)25-13-17(2)5-10-26(25)32/h5-7,9-10,12-13,15,21,23,27H,4,8,11,14,16H2,1-3H3,(H,37,38)/t21-,23-,27+/m1/s1. The average Bonchev–Trinajstić information content (AvgIpc) is 3.49. The topological polar surface area (TPSA) is 88.3 Å². The fraction of sp³-hybridized carbons (Fsp3) is 0.355. The molecule has 0 radical (unpaired) electrons. The Kier molecular flexibility index (Phi) is 6.20. The molecule has 200 valence electrons. The van der Waals surface area contributed by atoms with E-state index in [1.54, 1.807) is 12.1 Å². The third-order valence-electron chi connectivity index (χ3n) is 8.51. The molecule has 0 spiro atoms. The number of carboxylic acid groups (broad SMARTS) is 1. The molecule has 1 saturated heterocycles. The van der Waals surface area contributed by atoms with Gasteiger partial charge >= 0.3 is 5.97 Å². The van der Waals surface area contributed by atoms with E-state index in [-0.39, 0.29) is 35.9 Å². The molecule has 3 aromatic carbocycles. The van der Waals surface area contributed by atoms with Gasteiger partial charge < -0.3 is 10.0 Å². The van der Waals surface area contributed by atoms with E-state index in [9.17, 15) is 19.1 Å².